The molecule has 0 radical (unpaired) electrons. The van der Waals surface area contributed by atoms with Crippen LogP contribution >= 0.6 is 11.6 Å². The fourth-order valence-corrected chi connectivity index (χ4v) is 3.24. The standard InChI is InChI=1S/C22H21ClN2O2/c1-14-6-5-7-19(10-14)25-15(2)11-18(16(25)3)13-24-21-12-17(22(26)27-4)8-9-20(21)23/h5-13H,1-4H3. The maximum Gasteiger partial charge on any atom is 0.337 e. The Hall–Kier alpha value is -2.85. The van der Waals surface area contributed by atoms with Gasteiger partial charge in [0.2, 0.25) is 0 Å². The van der Waals surface area contributed by atoms with Crippen molar-refractivity contribution in [1.29, 1.82) is 0 Å². The van der Waals surface area contributed by atoms with Gasteiger partial charge in [-0.05, 0) is 62.7 Å². The lowest BCUT2D eigenvalue weighted by atomic mass is 10.2. The van der Waals surface area contributed by atoms with Crippen LogP contribution in [0.4, 0.5) is 5.69 Å². The van der Waals surface area contributed by atoms with E-state index < -0.39 is 5.97 Å². The molecule has 3 rings (SSSR count). The van der Waals surface area contributed by atoms with Crippen molar-refractivity contribution in [3.8, 4) is 5.69 Å². The molecule has 3 aromatic rings. The lowest BCUT2D eigenvalue weighted by Crippen LogP contribution is -2.00. The summed E-state index contributed by atoms with van der Waals surface area (Å²) >= 11 is 6.23. The highest BCUT2D eigenvalue weighted by Crippen LogP contribution is 2.27. The van der Waals surface area contributed by atoms with E-state index in [0.29, 0.717) is 16.3 Å². The van der Waals surface area contributed by atoms with E-state index >= 15 is 0 Å². The van der Waals surface area contributed by atoms with Crippen LogP contribution in [0.3, 0.4) is 0 Å². The normalized spacial score (nSPS) is 11.1. The molecular formula is C22H21ClN2O2. The molecule has 27 heavy (non-hydrogen) atoms. The van der Waals surface area contributed by atoms with E-state index in [1.54, 1.807) is 24.4 Å². The number of benzene rings is 2. The summed E-state index contributed by atoms with van der Waals surface area (Å²) in [6.07, 6.45) is 1.77. The number of aromatic nitrogens is 1. The Balaban J connectivity index is 1.98. The van der Waals surface area contributed by atoms with Gasteiger partial charge in [-0.2, -0.15) is 0 Å². The monoisotopic (exact) mass is 380 g/mol. The molecule has 1 aromatic heterocycles. The first-order valence-corrected chi connectivity index (χ1v) is 8.96. The molecule has 0 unspecified atom stereocenters. The predicted molar refractivity (Wildman–Crippen MR) is 110 cm³/mol. The Morgan fingerprint density at radius 2 is 1.89 bits per heavy atom. The second kappa shape index (κ2) is 7.80. The molecule has 4 nitrogen and oxygen atoms in total. The number of aliphatic imine (C=N–C) groups is 1. The highest BCUT2D eigenvalue weighted by molar-refractivity contribution is 6.33. The average molecular weight is 381 g/mol. The van der Waals surface area contributed by atoms with Crippen LogP contribution in [0, 0.1) is 20.8 Å². The van der Waals surface area contributed by atoms with E-state index in [0.717, 1.165) is 22.6 Å². The molecule has 0 amide bonds. The van der Waals surface area contributed by atoms with Gasteiger partial charge in [0.25, 0.3) is 0 Å². The fourth-order valence-electron chi connectivity index (χ4n) is 3.08. The molecule has 0 aliphatic heterocycles. The minimum absolute atomic E-state index is 0.416. The predicted octanol–water partition coefficient (Wildman–Crippen LogP) is 5.59. The molecule has 0 N–H and O–H groups in total. The van der Waals surface area contributed by atoms with E-state index in [1.807, 2.05) is 0 Å². The number of esters is 1. The largest absolute Gasteiger partial charge is 0.465 e. The average Bonchev–Trinajstić information content (AvgIpc) is 2.93. The van der Waals surface area contributed by atoms with Gasteiger partial charge >= 0.3 is 5.97 Å². The molecule has 0 aliphatic rings. The first-order valence-electron chi connectivity index (χ1n) is 8.58. The van der Waals surface area contributed by atoms with Crippen LogP contribution in [0.15, 0.2) is 53.5 Å². The van der Waals surface area contributed by atoms with Crippen LogP contribution in [-0.4, -0.2) is 23.9 Å². The second-order valence-electron chi connectivity index (χ2n) is 6.42. The smallest absolute Gasteiger partial charge is 0.337 e. The number of hydrogen-bond acceptors (Lipinski definition) is 3. The number of hydrogen-bond donors (Lipinski definition) is 0. The van der Waals surface area contributed by atoms with Gasteiger partial charge < -0.3 is 9.30 Å². The number of ether oxygens (including phenoxy) is 1. The molecule has 0 fully saturated rings. The lowest BCUT2D eigenvalue weighted by molar-refractivity contribution is 0.0601. The minimum Gasteiger partial charge on any atom is -0.465 e. The highest BCUT2D eigenvalue weighted by Gasteiger charge is 2.11. The Morgan fingerprint density at radius 1 is 1.11 bits per heavy atom. The third-order valence-electron chi connectivity index (χ3n) is 4.44. The van der Waals surface area contributed by atoms with Crippen molar-refractivity contribution in [3.05, 3.63) is 81.6 Å². The van der Waals surface area contributed by atoms with E-state index in [1.165, 1.54) is 12.7 Å². The molecule has 0 saturated heterocycles. The third-order valence-corrected chi connectivity index (χ3v) is 4.76. The van der Waals surface area contributed by atoms with Crippen molar-refractivity contribution in [2.24, 2.45) is 4.99 Å². The molecule has 0 aliphatic carbocycles. The second-order valence-corrected chi connectivity index (χ2v) is 6.82. The number of nitrogens with zero attached hydrogens (tertiary/aromatic N) is 2. The zero-order valence-electron chi connectivity index (χ0n) is 15.8. The molecule has 0 bridgehead atoms. The summed E-state index contributed by atoms with van der Waals surface area (Å²) in [5.41, 5.74) is 6.47. The molecule has 5 heteroatoms. The zero-order valence-corrected chi connectivity index (χ0v) is 16.5. The Morgan fingerprint density at radius 3 is 2.59 bits per heavy atom. The zero-order chi connectivity index (χ0) is 19.6. The van der Waals surface area contributed by atoms with E-state index in [4.69, 9.17) is 16.3 Å². The van der Waals surface area contributed by atoms with Crippen LogP contribution in [0.2, 0.25) is 5.02 Å². The van der Waals surface area contributed by atoms with Crippen LogP contribution in [0.25, 0.3) is 5.69 Å². The summed E-state index contributed by atoms with van der Waals surface area (Å²) in [6, 6.07) is 15.4. The van der Waals surface area contributed by atoms with Crippen molar-refractivity contribution in [1.82, 2.24) is 4.57 Å². The van der Waals surface area contributed by atoms with Crippen molar-refractivity contribution in [2.75, 3.05) is 7.11 Å². The summed E-state index contributed by atoms with van der Waals surface area (Å²) in [4.78, 5) is 16.2. The number of rotatable bonds is 4. The first-order chi connectivity index (χ1) is 12.9. The molecule has 2 aromatic carbocycles. The van der Waals surface area contributed by atoms with E-state index in [2.05, 4.69) is 60.7 Å². The van der Waals surface area contributed by atoms with Crippen LogP contribution in [0.1, 0.15) is 32.9 Å². The Labute approximate surface area is 164 Å². The van der Waals surface area contributed by atoms with Gasteiger partial charge in [-0.3, -0.25) is 4.99 Å². The molecule has 0 saturated carbocycles. The van der Waals surface area contributed by atoms with E-state index in [-0.39, 0.29) is 0 Å². The maximum atomic E-state index is 11.7. The quantitative estimate of drug-likeness (QED) is 0.437. The van der Waals surface area contributed by atoms with Crippen molar-refractivity contribution in [3.63, 3.8) is 0 Å². The molecule has 138 valence electrons. The molecule has 0 spiro atoms. The van der Waals surface area contributed by atoms with Gasteiger partial charge in [0.05, 0.1) is 23.4 Å². The molecule has 0 atom stereocenters. The lowest BCUT2D eigenvalue weighted by Gasteiger charge is -2.10. The number of halogens is 1. The summed E-state index contributed by atoms with van der Waals surface area (Å²) in [6.45, 7) is 6.21. The number of carbonyl (C=O) groups is 1. The van der Waals surface area contributed by atoms with Crippen molar-refractivity contribution < 1.29 is 9.53 Å². The maximum absolute atomic E-state index is 11.7. The van der Waals surface area contributed by atoms with E-state index in [9.17, 15) is 4.79 Å². The number of methoxy groups -OCH3 is 1. The number of aryl methyl sites for hydroxylation is 2. The van der Waals surface area contributed by atoms with Gasteiger partial charge in [-0.25, -0.2) is 4.79 Å². The van der Waals surface area contributed by atoms with Crippen molar-refractivity contribution in [2.45, 2.75) is 20.8 Å². The SMILES string of the molecule is COC(=O)c1ccc(Cl)c(N=Cc2cc(C)n(-c3cccc(C)c3)c2C)c1. The molecule has 1 heterocycles. The number of carbonyl (C=O) groups excluding carboxylic acids is 1. The van der Waals surface area contributed by atoms with Gasteiger partial charge in [-0.15, -0.1) is 0 Å². The topological polar surface area (TPSA) is 43.6 Å². The highest BCUT2D eigenvalue weighted by atomic mass is 35.5. The van der Waals surface area contributed by atoms with Gasteiger partial charge in [0, 0.05) is 28.9 Å². The minimum atomic E-state index is -0.416. The summed E-state index contributed by atoms with van der Waals surface area (Å²) in [5.74, 6) is -0.416. The Kier molecular flexibility index (Phi) is 5.47. The first kappa shape index (κ1) is 18.9. The summed E-state index contributed by atoms with van der Waals surface area (Å²) in [7, 11) is 1.35. The summed E-state index contributed by atoms with van der Waals surface area (Å²) < 4.78 is 6.95. The van der Waals surface area contributed by atoms with Gasteiger partial charge in [0.15, 0.2) is 0 Å². The van der Waals surface area contributed by atoms with Gasteiger partial charge in [0.1, 0.15) is 0 Å². The fraction of sp³-hybridized carbons (Fsp3) is 0.182. The van der Waals surface area contributed by atoms with Crippen LogP contribution in [-0.2, 0) is 4.74 Å². The van der Waals surface area contributed by atoms with Crippen LogP contribution < -0.4 is 0 Å². The third kappa shape index (κ3) is 3.96. The summed E-state index contributed by atoms with van der Waals surface area (Å²) in [5, 5.41) is 0.478. The molecular weight excluding hydrogens is 360 g/mol. The van der Waals surface area contributed by atoms with Crippen molar-refractivity contribution >= 4 is 29.5 Å². The van der Waals surface area contributed by atoms with Crippen LogP contribution in [0.5, 0.6) is 0 Å². The van der Waals surface area contributed by atoms with Gasteiger partial charge in [-0.1, -0.05) is 23.7 Å². The Bertz CT molecular complexity index is 1030.